The van der Waals surface area contributed by atoms with E-state index in [1.807, 2.05) is 0 Å². The molecule has 0 aliphatic carbocycles. The number of carbonyl (C=O) groups is 2. The molecule has 0 spiro atoms. The molecule has 2 unspecified atom stereocenters. The second-order valence-electron chi connectivity index (χ2n) is 2.27. The SMILES string of the molecule is COC(C(=O)O)C(C(=O)O)S(=O)(=O)O. The van der Waals surface area contributed by atoms with Crippen molar-refractivity contribution in [3.8, 4) is 0 Å². The van der Waals surface area contributed by atoms with E-state index in [9.17, 15) is 18.0 Å². The van der Waals surface area contributed by atoms with Crippen molar-refractivity contribution in [2.24, 2.45) is 0 Å². The zero-order chi connectivity index (χ0) is 11.5. The van der Waals surface area contributed by atoms with Crippen molar-refractivity contribution >= 4 is 22.1 Å². The highest BCUT2D eigenvalue weighted by molar-refractivity contribution is 7.87. The minimum Gasteiger partial charge on any atom is -0.480 e. The van der Waals surface area contributed by atoms with Gasteiger partial charge in [-0.05, 0) is 0 Å². The van der Waals surface area contributed by atoms with E-state index in [4.69, 9.17) is 14.8 Å². The molecule has 8 nitrogen and oxygen atoms in total. The summed E-state index contributed by atoms with van der Waals surface area (Å²) in [6.45, 7) is 0. The molecule has 0 saturated heterocycles. The largest absolute Gasteiger partial charge is 0.480 e. The smallest absolute Gasteiger partial charge is 0.334 e. The van der Waals surface area contributed by atoms with Crippen LogP contribution in [0, 0.1) is 0 Å². The molecule has 0 aliphatic heterocycles. The zero-order valence-corrected chi connectivity index (χ0v) is 7.76. The summed E-state index contributed by atoms with van der Waals surface area (Å²) in [6, 6.07) is 0. The van der Waals surface area contributed by atoms with Crippen LogP contribution >= 0.6 is 0 Å². The molecule has 9 heteroatoms. The summed E-state index contributed by atoms with van der Waals surface area (Å²) in [5, 5.41) is 14.2. The molecule has 2 atom stereocenters. The molecule has 0 aromatic carbocycles. The van der Waals surface area contributed by atoms with Gasteiger partial charge in [0, 0.05) is 7.11 Å². The summed E-state index contributed by atoms with van der Waals surface area (Å²) in [4.78, 5) is 20.7. The average Bonchev–Trinajstić information content (AvgIpc) is 1.95. The first-order valence-electron chi connectivity index (χ1n) is 3.16. The topological polar surface area (TPSA) is 138 Å². The van der Waals surface area contributed by atoms with Crippen molar-refractivity contribution in [2.45, 2.75) is 11.4 Å². The van der Waals surface area contributed by atoms with Crippen molar-refractivity contribution in [2.75, 3.05) is 7.11 Å². The third-order valence-electron chi connectivity index (χ3n) is 1.34. The fourth-order valence-electron chi connectivity index (χ4n) is 0.767. The summed E-state index contributed by atoms with van der Waals surface area (Å²) in [6.07, 6.45) is -2.15. The Labute approximate surface area is 78.9 Å². The molecule has 0 amide bonds. The van der Waals surface area contributed by atoms with Gasteiger partial charge in [-0.15, -0.1) is 0 Å². The highest BCUT2D eigenvalue weighted by Gasteiger charge is 2.43. The number of aliphatic carboxylic acids is 2. The van der Waals surface area contributed by atoms with Crippen LogP contribution in [0.5, 0.6) is 0 Å². The summed E-state index contributed by atoms with van der Waals surface area (Å²) >= 11 is 0. The molecule has 0 fully saturated rings. The number of hydrogen-bond donors (Lipinski definition) is 3. The second kappa shape index (κ2) is 4.35. The van der Waals surface area contributed by atoms with Crippen molar-refractivity contribution in [1.82, 2.24) is 0 Å². The van der Waals surface area contributed by atoms with Gasteiger partial charge in [0.25, 0.3) is 10.1 Å². The molecule has 14 heavy (non-hydrogen) atoms. The van der Waals surface area contributed by atoms with Crippen LogP contribution in [0.2, 0.25) is 0 Å². The maximum Gasteiger partial charge on any atom is 0.334 e. The van der Waals surface area contributed by atoms with E-state index in [-0.39, 0.29) is 0 Å². The zero-order valence-electron chi connectivity index (χ0n) is 6.95. The predicted molar refractivity (Wildman–Crippen MR) is 41.4 cm³/mol. The van der Waals surface area contributed by atoms with Gasteiger partial charge in [0.05, 0.1) is 0 Å². The molecule has 0 rings (SSSR count). The number of ether oxygens (including phenoxy) is 1. The second-order valence-corrected chi connectivity index (χ2v) is 3.81. The first-order valence-corrected chi connectivity index (χ1v) is 4.66. The highest BCUT2D eigenvalue weighted by atomic mass is 32.2. The van der Waals surface area contributed by atoms with Crippen molar-refractivity contribution in [1.29, 1.82) is 0 Å². The Morgan fingerprint density at radius 1 is 1.21 bits per heavy atom. The summed E-state index contributed by atoms with van der Waals surface area (Å²) in [5.74, 6) is -3.79. The van der Waals surface area contributed by atoms with Gasteiger partial charge in [-0.25, -0.2) is 4.79 Å². The molecule has 0 saturated carbocycles. The summed E-state index contributed by atoms with van der Waals surface area (Å²) < 4.78 is 33.6. The van der Waals surface area contributed by atoms with Crippen LogP contribution in [0.15, 0.2) is 0 Å². The number of carboxylic acids is 2. The normalized spacial score (nSPS) is 15.9. The van der Waals surface area contributed by atoms with Crippen LogP contribution < -0.4 is 0 Å². The standard InChI is InChI=1S/C5H8O8S/c1-13-2(4(6)7)3(5(8)9)14(10,11)12/h2-3H,1H3,(H,6,7)(H,8,9)(H,10,11,12). The molecule has 0 heterocycles. The Balaban J connectivity index is 5.21. The fraction of sp³-hybridized carbons (Fsp3) is 0.600. The molecule has 0 aliphatic rings. The van der Waals surface area contributed by atoms with Crippen LogP contribution in [-0.4, -0.2) is 53.6 Å². The third-order valence-corrected chi connectivity index (χ3v) is 2.43. The lowest BCUT2D eigenvalue weighted by atomic mass is 10.2. The van der Waals surface area contributed by atoms with Gasteiger partial charge in [-0.3, -0.25) is 9.35 Å². The molecule has 82 valence electrons. The van der Waals surface area contributed by atoms with E-state index in [1.54, 1.807) is 0 Å². The van der Waals surface area contributed by atoms with E-state index < -0.39 is 33.4 Å². The highest BCUT2D eigenvalue weighted by Crippen LogP contribution is 2.09. The van der Waals surface area contributed by atoms with Gasteiger partial charge < -0.3 is 14.9 Å². The van der Waals surface area contributed by atoms with Crippen molar-refractivity contribution in [3.63, 3.8) is 0 Å². The van der Waals surface area contributed by atoms with Gasteiger partial charge in [-0.1, -0.05) is 0 Å². The van der Waals surface area contributed by atoms with Gasteiger partial charge in [0.1, 0.15) is 0 Å². The van der Waals surface area contributed by atoms with Crippen molar-refractivity contribution < 1.29 is 37.5 Å². The molecule has 3 N–H and O–H groups in total. The minimum absolute atomic E-state index is 0.819. The maximum absolute atomic E-state index is 10.5. The number of carboxylic acid groups (broad SMARTS) is 2. The minimum atomic E-state index is -5.03. The van der Waals surface area contributed by atoms with E-state index in [1.165, 1.54) is 0 Å². The van der Waals surface area contributed by atoms with E-state index >= 15 is 0 Å². The summed E-state index contributed by atoms with van der Waals surface area (Å²) in [5.41, 5.74) is 0. The molecular weight excluding hydrogens is 220 g/mol. The maximum atomic E-state index is 10.5. The third kappa shape index (κ3) is 2.94. The Morgan fingerprint density at radius 3 is 1.71 bits per heavy atom. The van der Waals surface area contributed by atoms with Crippen molar-refractivity contribution in [3.05, 3.63) is 0 Å². The van der Waals surface area contributed by atoms with Crippen LogP contribution in [0.4, 0.5) is 0 Å². The number of methoxy groups -OCH3 is 1. The predicted octanol–water partition coefficient (Wildman–Crippen LogP) is -1.57. The van der Waals surface area contributed by atoms with Crippen LogP contribution in [0.25, 0.3) is 0 Å². The van der Waals surface area contributed by atoms with Crippen LogP contribution in [0.1, 0.15) is 0 Å². The first-order chi connectivity index (χ1) is 6.21. The van der Waals surface area contributed by atoms with E-state index in [0.29, 0.717) is 0 Å². The molecule has 0 aromatic heterocycles. The lowest BCUT2D eigenvalue weighted by molar-refractivity contribution is -0.154. The first kappa shape index (κ1) is 12.8. The quantitative estimate of drug-likeness (QED) is 0.479. The fourth-order valence-corrected chi connectivity index (χ4v) is 1.56. The Kier molecular flexibility index (Phi) is 3.98. The van der Waals surface area contributed by atoms with Gasteiger partial charge in [0.2, 0.25) is 5.25 Å². The van der Waals surface area contributed by atoms with Gasteiger partial charge in [-0.2, -0.15) is 8.42 Å². The van der Waals surface area contributed by atoms with E-state index in [2.05, 4.69) is 4.74 Å². The number of hydrogen-bond acceptors (Lipinski definition) is 5. The molecule has 0 aromatic rings. The van der Waals surface area contributed by atoms with Crippen LogP contribution in [0.3, 0.4) is 0 Å². The Bertz CT molecular complexity index is 330. The monoisotopic (exact) mass is 228 g/mol. The molecular formula is C5H8O8S. The van der Waals surface area contributed by atoms with E-state index in [0.717, 1.165) is 7.11 Å². The lowest BCUT2D eigenvalue weighted by Gasteiger charge is -2.15. The Hall–Kier alpha value is -1.19. The summed E-state index contributed by atoms with van der Waals surface area (Å²) in [7, 11) is -4.21. The average molecular weight is 228 g/mol. The van der Waals surface area contributed by atoms with Gasteiger partial charge >= 0.3 is 11.9 Å². The lowest BCUT2D eigenvalue weighted by Crippen LogP contribution is -2.46. The number of rotatable bonds is 5. The Morgan fingerprint density at radius 2 is 1.64 bits per heavy atom. The van der Waals surface area contributed by atoms with Crippen LogP contribution in [-0.2, 0) is 24.4 Å². The molecule has 0 bridgehead atoms. The van der Waals surface area contributed by atoms with Gasteiger partial charge in [0.15, 0.2) is 6.10 Å². The molecule has 0 radical (unpaired) electrons.